The van der Waals surface area contributed by atoms with Gasteiger partial charge in [-0.1, -0.05) is 30.3 Å². The summed E-state index contributed by atoms with van der Waals surface area (Å²) in [5, 5.41) is 24.9. The van der Waals surface area contributed by atoms with E-state index in [0.717, 1.165) is 33.5 Å². The van der Waals surface area contributed by atoms with Crippen molar-refractivity contribution in [3.8, 4) is 0 Å². The number of amides is 2. The zero-order valence-electron chi connectivity index (χ0n) is 19.7. The molecular weight excluding hydrogens is 476 g/mol. The standard InChI is InChI=1S/C24H26N2O10/c1-34-22(31)14-10-15(23(32)35-2)12-16(11-14)25-20(29)18(27)19(28)21(30)26-17(24(33)36-3)9-13-7-5-4-6-8-13/h4-8,10-12,17-19,27-28H,9H2,1-3H3,(H,25,29)(H,26,30). The molecule has 0 aliphatic heterocycles. The number of hydrogen-bond donors (Lipinski definition) is 4. The van der Waals surface area contributed by atoms with E-state index in [1.54, 1.807) is 30.3 Å². The van der Waals surface area contributed by atoms with E-state index >= 15 is 0 Å². The van der Waals surface area contributed by atoms with Crippen molar-refractivity contribution in [2.75, 3.05) is 26.6 Å². The molecule has 36 heavy (non-hydrogen) atoms. The molecule has 2 rings (SSSR count). The molecule has 3 atom stereocenters. The van der Waals surface area contributed by atoms with Gasteiger partial charge in [-0.3, -0.25) is 9.59 Å². The van der Waals surface area contributed by atoms with Gasteiger partial charge in [-0.2, -0.15) is 0 Å². The number of nitrogens with one attached hydrogen (secondary N) is 2. The SMILES string of the molecule is COC(=O)c1cc(NC(=O)C(O)C(O)C(=O)NC(Cc2ccccc2)C(=O)OC)cc(C(=O)OC)c1. The number of aliphatic hydroxyl groups is 2. The van der Waals surface area contributed by atoms with E-state index in [9.17, 15) is 34.2 Å². The van der Waals surface area contributed by atoms with E-state index in [2.05, 4.69) is 24.8 Å². The Morgan fingerprint density at radius 3 is 1.81 bits per heavy atom. The molecule has 0 aromatic heterocycles. The number of carbonyl (C=O) groups excluding carboxylic acids is 5. The highest BCUT2D eigenvalue weighted by Gasteiger charge is 2.33. The number of aliphatic hydroxyl groups excluding tert-OH is 2. The lowest BCUT2D eigenvalue weighted by molar-refractivity contribution is -0.149. The summed E-state index contributed by atoms with van der Waals surface area (Å²) in [5.74, 6) is -4.86. The van der Waals surface area contributed by atoms with Gasteiger partial charge in [0.05, 0.1) is 32.5 Å². The molecule has 4 N–H and O–H groups in total. The molecule has 3 unspecified atom stereocenters. The molecular formula is C24H26N2O10. The Morgan fingerprint density at radius 2 is 1.31 bits per heavy atom. The van der Waals surface area contributed by atoms with Gasteiger partial charge in [0.15, 0.2) is 12.2 Å². The summed E-state index contributed by atoms with van der Waals surface area (Å²) >= 11 is 0. The summed E-state index contributed by atoms with van der Waals surface area (Å²) in [4.78, 5) is 60.9. The summed E-state index contributed by atoms with van der Waals surface area (Å²) in [6.45, 7) is 0. The van der Waals surface area contributed by atoms with Gasteiger partial charge in [0, 0.05) is 12.1 Å². The summed E-state index contributed by atoms with van der Waals surface area (Å²) < 4.78 is 13.9. The van der Waals surface area contributed by atoms with Crippen LogP contribution in [0, 0.1) is 0 Å². The Kier molecular flexibility index (Phi) is 10.1. The van der Waals surface area contributed by atoms with Gasteiger partial charge in [0.1, 0.15) is 6.04 Å². The number of methoxy groups -OCH3 is 3. The molecule has 2 amide bonds. The maximum atomic E-state index is 12.5. The lowest BCUT2D eigenvalue weighted by Crippen LogP contribution is -2.52. The van der Waals surface area contributed by atoms with Crippen LogP contribution in [0.25, 0.3) is 0 Å². The molecule has 0 aliphatic rings. The lowest BCUT2D eigenvalue weighted by atomic mass is 10.0. The maximum absolute atomic E-state index is 12.5. The van der Waals surface area contributed by atoms with Gasteiger partial charge >= 0.3 is 17.9 Å². The van der Waals surface area contributed by atoms with Crippen LogP contribution in [-0.2, 0) is 35.0 Å². The Balaban J connectivity index is 2.15. The average molecular weight is 502 g/mol. The number of ether oxygens (including phenoxy) is 3. The molecule has 0 fully saturated rings. The fourth-order valence-electron chi connectivity index (χ4n) is 3.12. The average Bonchev–Trinajstić information content (AvgIpc) is 2.90. The van der Waals surface area contributed by atoms with Crippen molar-refractivity contribution in [1.29, 1.82) is 0 Å². The van der Waals surface area contributed by atoms with E-state index in [-0.39, 0.29) is 23.2 Å². The van der Waals surface area contributed by atoms with Crippen molar-refractivity contribution >= 4 is 35.4 Å². The molecule has 0 radical (unpaired) electrons. The molecule has 2 aromatic carbocycles. The van der Waals surface area contributed by atoms with E-state index in [1.165, 1.54) is 6.07 Å². The zero-order valence-corrected chi connectivity index (χ0v) is 19.7. The van der Waals surface area contributed by atoms with E-state index in [0.29, 0.717) is 5.56 Å². The quantitative estimate of drug-likeness (QED) is 0.252. The minimum atomic E-state index is -2.27. The summed E-state index contributed by atoms with van der Waals surface area (Å²) in [7, 11) is 3.35. The van der Waals surface area contributed by atoms with Crippen LogP contribution in [0.15, 0.2) is 48.5 Å². The van der Waals surface area contributed by atoms with Crippen LogP contribution in [0.3, 0.4) is 0 Å². The molecule has 0 saturated carbocycles. The molecule has 12 nitrogen and oxygen atoms in total. The third-order valence-electron chi connectivity index (χ3n) is 4.96. The number of benzene rings is 2. The van der Waals surface area contributed by atoms with E-state index in [4.69, 9.17) is 0 Å². The third kappa shape index (κ3) is 7.35. The molecule has 0 bridgehead atoms. The summed E-state index contributed by atoms with van der Waals surface area (Å²) in [6, 6.07) is 10.9. The number of esters is 3. The molecule has 0 aliphatic carbocycles. The van der Waals surface area contributed by atoms with Crippen LogP contribution >= 0.6 is 0 Å². The van der Waals surface area contributed by atoms with Crippen LogP contribution < -0.4 is 10.6 Å². The van der Waals surface area contributed by atoms with Crippen molar-refractivity contribution in [3.63, 3.8) is 0 Å². The van der Waals surface area contributed by atoms with Gasteiger partial charge in [-0.15, -0.1) is 0 Å². The first-order chi connectivity index (χ1) is 17.1. The number of hydrogen-bond acceptors (Lipinski definition) is 10. The second kappa shape index (κ2) is 13.0. The largest absolute Gasteiger partial charge is 0.467 e. The molecule has 12 heteroatoms. The first-order valence-corrected chi connectivity index (χ1v) is 10.5. The number of anilines is 1. The first kappa shape index (κ1) is 28.0. The zero-order chi connectivity index (χ0) is 26.8. The normalized spacial score (nSPS) is 12.9. The highest BCUT2D eigenvalue weighted by molar-refractivity contribution is 6.02. The van der Waals surface area contributed by atoms with Gasteiger partial charge < -0.3 is 35.1 Å². The Morgan fingerprint density at radius 1 is 0.778 bits per heavy atom. The first-order valence-electron chi connectivity index (χ1n) is 10.5. The van der Waals surface area contributed by atoms with E-state index in [1.807, 2.05) is 0 Å². The van der Waals surface area contributed by atoms with Crippen molar-refractivity contribution < 1.29 is 48.4 Å². The highest BCUT2D eigenvalue weighted by atomic mass is 16.5. The monoisotopic (exact) mass is 502 g/mol. The van der Waals surface area contributed by atoms with Crippen molar-refractivity contribution in [1.82, 2.24) is 5.32 Å². The van der Waals surface area contributed by atoms with Crippen molar-refractivity contribution in [2.24, 2.45) is 0 Å². The third-order valence-corrected chi connectivity index (χ3v) is 4.96. The van der Waals surface area contributed by atoms with Crippen molar-refractivity contribution in [2.45, 2.75) is 24.7 Å². The van der Waals surface area contributed by atoms with Gasteiger partial charge in [0.2, 0.25) is 0 Å². The molecule has 192 valence electrons. The van der Waals surface area contributed by atoms with Gasteiger partial charge in [-0.05, 0) is 23.8 Å². The van der Waals surface area contributed by atoms with Crippen molar-refractivity contribution in [3.05, 3.63) is 65.2 Å². The molecule has 0 saturated heterocycles. The van der Waals surface area contributed by atoms with Crippen LogP contribution in [0.2, 0.25) is 0 Å². The van der Waals surface area contributed by atoms with Gasteiger partial charge in [-0.25, -0.2) is 14.4 Å². The van der Waals surface area contributed by atoms with Crippen LogP contribution in [0.5, 0.6) is 0 Å². The fraction of sp³-hybridized carbons (Fsp3) is 0.292. The lowest BCUT2D eigenvalue weighted by Gasteiger charge is -2.21. The van der Waals surface area contributed by atoms with Crippen LogP contribution in [-0.4, -0.2) is 79.5 Å². The number of rotatable bonds is 10. The highest BCUT2D eigenvalue weighted by Crippen LogP contribution is 2.18. The molecule has 0 heterocycles. The molecule has 2 aromatic rings. The Hall–Kier alpha value is -4.29. The maximum Gasteiger partial charge on any atom is 0.337 e. The van der Waals surface area contributed by atoms with E-state index < -0.39 is 48.0 Å². The predicted octanol–water partition coefficient (Wildman–Crippen LogP) is -0.179. The smallest absolute Gasteiger partial charge is 0.337 e. The fourth-order valence-corrected chi connectivity index (χ4v) is 3.12. The predicted molar refractivity (Wildman–Crippen MR) is 124 cm³/mol. The Labute approximate surface area is 206 Å². The Bertz CT molecular complexity index is 1080. The second-order valence-electron chi connectivity index (χ2n) is 7.44. The molecule has 0 spiro atoms. The number of carbonyl (C=O) groups is 5. The minimum Gasteiger partial charge on any atom is -0.467 e. The van der Waals surface area contributed by atoms with Gasteiger partial charge in [0.25, 0.3) is 11.8 Å². The second-order valence-corrected chi connectivity index (χ2v) is 7.44. The minimum absolute atomic E-state index is 0.0326. The topological polar surface area (TPSA) is 178 Å². The van der Waals surface area contributed by atoms with Crippen LogP contribution in [0.1, 0.15) is 26.3 Å². The van der Waals surface area contributed by atoms with Crippen LogP contribution in [0.4, 0.5) is 5.69 Å². The summed E-state index contributed by atoms with van der Waals surface area (Å²) in [6.07, 6.45) is -4.51. The summed E-state index contributed by atoms with van der Waals surface area (Å²) in [5.41, 5.74) is 0.356.